The molecule has 1 saturated heterocycles. The second-order valence-electron chi connectivity index (χ2n) is 5.75. The predicted octanol–water partition coefficient (Wildman–Crippen LogP) is 4.92. The van der Waals surface area contributed by atoms with Gasteiger partial charge >= 0.3 is 6.03 Å². The molecule has 1 heterocycles. The molecule has 0 aliphatic carbocycles. The van der Waals surface area contributed by atoms with Gasteiger partial charge in [-0.15, -0.1) is 23.5 Å². The molecule has 128 valence electrons. The Morgan fingerprint density at radius 2 is 1.92 bits per heavy atom. The molecule has 2 N–H and O–H groups in total. The SMILES string of the molecule is C[C@H](NC(=O)Nc1cccc(C2SCCS2)c1)c1ccc(C#N)cc1. The Morgan fingerprint density at radius 3 is 2.60 bits per heavy atom. The van der Waals surface area contributed by atoms with E-state index >= 15 is 0 Å². The Morgan fingerprint density at radius 1 is 1.20 bits per heavy atom. The minimum Gasteiger partial charge on any atom is -0.331 e. The van der Waals surface area contributed by atoms with Crippen molar-refractivity contribution in [2.75, 3.05) is 16.8 Å². The number of benzene rings is 2. The van der Waals surface area contributed by atoms with E-state index in [0.29, 0.717) is 10.1 Å². The number of thioether (sulfide) groups is 2. The quantitative estimate of drug-likeness (QED) is 0.803. The Bertz CT molecular complexity index is 780. The van der Waals surface area contributed by atoms with Crippen LogP contribution in [0.4, 0.5) is 10.5 Å². The molecule has 2 aromatic rings. The van der Waals surface area contributed by atoms with E-state index in [2.05, 4.69) is 22.8 Å². The van der Waals surface area contributed by atoms with Crippen LogP contribution in [-0.4, -0.2) is 17.5 Å². The first-order chi connectivity index (χ1) is 12.2. The maximum absolute atomic E-state index is 12.3. The molecule has 2 aromatic carbocycles. The number of urea groups is 1. The van der Waals surface area contributed by atoms with Crippen molar-refractivity contribution in [2.24, 2.45) is 0 Å². The fraction of sp³-hybridized carbons (Fsp3) is 0.263. The van der Waals surface area contributed by atoms with Gasteiger partial charge in [0.05, 0.1) is 22.3 Å². The van der Waals surface area contributed by atoms with Crippen molar-refractivity contribution in [1.29, 1.82) is 5.26 Å². The van der Waals surface area contributed by atoms with E-state index in [9.17, 15) is 4.79 Å². The number of hydrogen-bond acceptors (Lipinski definition) is 4. The fourth-order valence-electron chi connectivity index (χ4n) is 2.61. The van der Waals surface area contributed by atoms with Crippen LogP contribution in [0.25, 0.3) is 0 Å². The Labute approximate surface area is 156 Å². The first-order valence-corrected chi connectivity index (χ1v) is 10.2. The van der Waals surface area contributed by atoms with Gasteiger partial charge in [-0.25, -0.2) is 4.79 Å². The standard InChI is InChI=1S/C19H19N3OS2/c1-13(15-7-5-14(12-20)6-8-15)21-19(23)22-17-4-2-3-16(11-17)18-24-9-10-25-18/h2-8,11,13,18H,9-10H2,1H3,(H2,21,22,23)/t13-/m0/s1. The van der Waals surface area contributed by atoms with Crippen LogP contribution in [0.15, 0.2) is 48.5 Å². The summed E-state index contributed by atoms with van der Waals surface area (Å²) in [5.41, 5.74) is 3.61. The molecule has 2 amide bonds. The number of carbonyl (C=O) groups is 1. The molecule has 0 aromatic heterocycles. The molecule has 0 saturated carbocycles. The molecule has 0 bridgehead atoms. The first-order valence-electron chi connectivity index (χ1n) is 8.06. The lowest BCUT2D eigenvalue weighted by Crippen LogP contribution is -2.31. The Hall–Kier alpha value is -2.10. The van der Waals surface area contributed by atoms with Crippen molar-refractivity contribution in [3.05, 3.63) is 65.2 Å². The number of anilines is 1. The van der Waals surface area contributed by atoms with E-state index in [1.54, 1.807) is 12.1 Å². The lowest BCUT2D eigenvalue weighted by molar-refractivity contribution is 0.249. The van der Waals surface area contributed by atoms with Gasteiger partial charge < -0.3 is 10.6 Å². The zero-order valence-corrected chi connectivity index (χ0v) is 15.5. The highest BCUT2D eigenvalue weighted by Gasteiger charge is 2.18. The van der Waals surface area contributed by atoms with Gasteiger partial charge in [-0.1, -0.05) is 24.3 Å². The summed E-state index contributed by atoms with van der Waals surface area (Å²) in [6, 6.07) is 17.0. The van der Waals surface area contributed by atoms with E-state index in [1.807, 2.05) is 60.8 Å². The van der Waals surface area contributed by atoms with Gasteiger partial charge in [0.1, 0.15) is 0 Å². The van der Waals surface area contributed by atoms with Crippen LogP contribution in [0.1, 0.15) is 34.2 Å². The van der Waals surface area contributed by atoms with E-state index in [1.165, 1.54) is 17.1 Å². The number of hydrogen-bond donors (Lipinski definition) is 2. The number of nitrogens with zero attached hydrogens (tertiary/aromatic N) is 1. The van der Waals surface area contributed by atoms with Crippen LogP contribution in [0.2, 0.25) is 0 Å². The van der Waals surface area contributed by atoms with Crippen LogP contribution in [0, 0.1) is 11.3 Å². The molecule has 4 nitrogen and oxygen atoms in total. The second-order valence-corrected chi connectivity index (χ2v) is 8.48. The van der Waals surface area contributed by atoms with E-state index in [4.69, 9.17) is 5.26 Å². The zero-order valence-electron chi connectivity index (χ0n) is 13.9. The maximum Gasteiger partial charge on any atom is 0.319 e. The smallest absolute Gasteiger partial charge is 0.319 e. The third-order valence-electron chi connectivity index (χ3n) is 3.93. The molecule has 1 aliphatic heterocycles. The van der Waals surface area contributed by atoms with Crippen LogP contribution in [0.5, 0.6) is 0 Å². The van der Waals surface area contributed by atoms with Crippen molar-refractivity contribution >= 4 is 35.2 Å². The molecular formula is C19H19N3OS2. The lowest BCUT2D eigenvalue weighted by Gasteiger charge is -2.16. The summed E-state index contributed by atoms with van der Waals surface area (Å²) < 4.78 is 0.461. The van der Waals surface area contributed by atoms with Gasteiger partial charge in [0.2, 0.25) is 0 Å². The highest BCUT2D eigenvalue weighted by molar-refractivity contribution is 8.19. The van der Waals surface area contributed by atoms with Crippen molar-refractivity contribution < 1.29 is 4.79 Å². The minimum absolute atomic E-state index is 0.142. The first kappa shape index (κ1) is 17.7. The molecule has 6 heteroatoms. The molecule has 0 unspecified atom stereocenters. The van der Waals surface area contributed by atoms with Crippen LogP contribution >= 0.6 is 23.5 Å². The molecule has 1 atom stereocenters. The van der Waals surface area contributed by atoms with Crippen molar-refractivity contribution in [3.63, 3.8) is 0 Å². The Balaban J connectivity index is 1.60. The van der Waals surface area contributed by atoms with Gasteiger partial charge in [-0.3, -0.25) is 0 Å². The van der Waals surface area contributed by atoms with Crippen molar-refractivity contribution in [1.82, 2.24) is 5.32 Å². The molecule has 1 aliphatic rings. The summed E-state index contributed by atoms with van der Waals surface area (Å²) in [6.45, 7) is 1.92. The summed E-state index contributed by atoms with van der Waals surface area (Å²) >= 11 is 3.89. The predicted molar refractivity (Wildman–Crippen MR) is 106 cm³/mol. The fourth-order valence-corrected chi connectivity index (χ4v) is 5.45. The van der Waals surface area contributed by atoms with Crippen LogP contribution in [0.3, 0.4) is 0 Å². The van der Waals surface area contributed by atoms with E-state index in [-0.39, 0.29) is 12.1 Å². The summed E-state index contributed by atoms with van der Waals surface area (Å²) in [7, 11) is 0. The van der Waals surface area contributed by atoms with Gasteiger partial charge in [0.15, 0.2) is 0 Å². The molecule has 0 spiro atoms. The summed E-state index contributed by atoms with van der Waals surface area (Å²) in [5.74, 6) is 2.35. The average Bonchev–Trinajstić information content (AvgIpc) is 3.16. The maximum atomic E-state index is 12.3. The molecule has 1 fully saturated rings. The highest BCUT2D eigenvalue weighted by atomic mass is 32.2. The number of carbonyl (C=O) groups excluding carboxylic acids is 1. The number of nitrogens with one attached hydrogen (secondary N) is 2. The van der Waals surface area contributed by atoms with Crippen LogP contribution in [-0.2, 0) is 0 Å². The normalized spacial score (nSPS) is 15.4. The Kier molecular flexibility index (Phi) is 5.90. The van der Waals surface area contributed by atoms with E-state index in [0.717, 1.165) is 11.3 Å². The van der Waals surface area contributed by atoms with Crippen LogP contribution < -0.4 is 10.6 Å². The van der Waals surface area contributed by atoms with Gasteiger partial charge in [-0.05, 0) is 42.3 Å². The monoisotopic (exact) mass is 369 g/mol. The van der Waals surface area contributed by atoms with Gasteiger partial charge in [0, 0.05) is 17.2 Å². The van der Waals surface area contributed by atoms with E-state index < -0.39 is 0 Å². The largest absolute Gasteiger partial charge is 0.331 e. The molecule has 25 heavy (non-hydrogen) atoms. The third kappa shape index (κ3) is 4.71. The number of amides is 2. The van der Waals surface area contributed by atoms with Gasteiger partial charge in [0.25, 0.3) is 0 Å². The third-order valence-corrected chi connectivity index (χ3v) is 7.03. The minimum atomic E-state index is -0.235. The molecule has 0 radical (unpaired) electrons. The number of rotatable bonds is 4. The average molecular weight is 370 g/mol. The molecule has 3 rings (SSSR count). The summed E-state index contributed by atoms with van der Waals surface area (Å²) in [6.07, 6.45) is 0. The summed E-state index contributed by atoms with van der Waals surface area (Å²) in [5, 5.41) is 14.7. The molecular weight excluding hydrogens is 350 g/mol. The van der Waals surface area contributed by atoms with Gasteiger partial charge in [-0.2, -0.15) is 5.26 Å². The highest BCUT2D eigenvalue weighted by Crippen LogP contribution is 2.45. The second kappa shape index (κ2) is 8.32. The number of nitriles is 1. The van der Waals surface area contributed by atoms with Crippen molar-refractivity contribution in [2.45, 2.75) is 17.5 Å². The van der Waals surface area contributed by atoms with Crippen molar-refractivity contribution in [3.8, 4) is 6.07 Å². The lowest BCUT2D eigenvalue weighted by atomic mass is 10.1. The summed E-state index contributed by atoms with van der Waals surface area (Å²) in [4.78, 5) is 12.3. The zero-order chi connectivity index (χ0) is 17.6. The topological polar surface area (TPSA) is 64.9 Å².